The molecule has 1 N–H and O–H groups in total. The lowest BCUT2D eigenvalue weighted by Crippen LogP contribution is -2.00. The molecule has 3 nitrogen and oxygen atoms in total. The Balaban J connectivity index is 2.84. The van der Waals surface area contributed by atoms with E-state index in [0.717, 1.165) is 6.08 Å². The number of esters is 1. The normalized spacial score (nSPS) is 11.2. The molecule has 0 unspecified atom stereocenters. The molecular formula is C11H11ClO3. The Kier molecular flexibility index (Phi) is 4.18. The van der Waals surface area contributed by atoms with Gasteiger partial charge in [0.2, 0.25) is 0 Å². The summed E-state index contributed by atoms with van der Waals surface area (Å²) in [4.78, 5) is 11.0. The van der Waals surface area contributed by atoms with Crippen molar-refractivity contribution in [2.24, 2.45) is 0 Å². The third-order valence-corrected chi connectivity index (χ3v) is 1.90. The Bertz CT molecular complexity index is 385. The molecular weight excluding hydrogens is 216 g/mol. The van der Waals surface area contributed by atoms with E-state index in [-0.39, 0.29) is 12.4 Å². The smallest absolute Gasteiger partial charge is 0.334 e. The van der Waals surface area contributed by atoms with Gasteiger partial charge < -0.3 is 9.84 Å². The molecule has 1 aromatic rings. The molecule has 15 heavy (non-hydrogen) atoms. The number of hydrogen-bond donors (Lipinski definition) is 1. The van der Waals surface area contributed by atoms with Gasteiger partial charge in [-0.3, -0.25) is 0 Å². The maximum atomic E-state index is 11.0. The van der Waals surface area contributed by atoms with Gasteiger partial charge in [-0.15, -0.1) is 0 Å². The Morgan fingerprint density at radius 2 is 2.33 bits per heavy atom. The summed E-state index contributed by atoms with van der Waals surface area (Å²) in [5.41, 5.74) is 0.482. The second-order valence-corrected chi connectivity index (χ2v) is 3.23. The predicted octanol–water partition coefficient (Wildman–Crippen LogP) is 2.80. The zero-order valence-corrected chi connectivity index (χ0v) is 8.99. The van der Waals surface area contributed by atoms with Crippen molar-refractivity contribution in [1.29, 1.82) is 0 Å². The summed E-state index contributed by atoms with van der Waals surface area (Å²) in [6.07, 6.45) is 1.02. The van der Waals surface area contributed by atoms with E-state index >= 15 is 0 Å². The summed E-state index contributed by atoms with van der Waals surface area (Å²) >= 11 is 5.73. The van der Waals surface area contributed by atoms with E-state index < -0.39 is 5.97 Å². The minimum Gasteiger partial charge on any atom is -0.507 e. The zero-order chi connectivity index (χ0) is 11.3. The Morgan fingerprint density at radius 1 is 1.60 bits per heavy atom. The van der Waals surface area contributed by atoms with Crippen molar-refractivity contribution < 1.29 is 14.6 Å². The van der Waals surface area contributed by atoms with Gasteiger partial charge in [-0.25, -0.2) is 4.79 Å². The van der Waals surface area contributed by atoms with Gasteiger partial charge in [0.25, 0.3) is 0 Å². The topological polar surface area (TPSA) is 46.5 Å². The molecule has 0 saturated carbocycles. The SMILES string of the molecule is CCOC(=O)/C=C(\O)c1cccc(Cl)c1. The lowest BCUT2D eigenvalue weighted by atomic mass is 10.2. The van der Waals surface area contributed by atoms with Crippen LogP contribution in [0.25, 0.3) is 5.76 Å². The molecule has 0 fully saturated rings. The number of aliphatic hydroxyl groups excluding tert-OH is 1. The first-order chi connectivity index (χ1) is 7.13. The number of benzene rings is 1. The van der Waals surface area contributed by atoms with Crippen LogP contribution in [0.4, 0.5) is 0 Å². The van der Waals surface area contributed by atoms with E-state index in [0.29, 0.717) is 10.6 Å². The number of aliphatic hydroxyl groups is 1. The summed E-state index contributed by atoms with van der Waals surface area (Å²) in [6.45, 7) is 1.97. The molecule has 0 heterocycles. The van der Waals surface area contributed by atoms with Crippen molar-refractivity contribution in [2.75, 3.05) is 6.61 Å². The fraction of sp³-hybridized carbons (Fsp3) is 0.182. The minimum atomic E-state index is -0.574. The highest BCUT2D eigenvalue weighted by Gasteiger charge is 2.03. The van der Waals surface area contributed by atoms with Gasteiger partial charge in [0, 0.05) is 10.6 Å². The summed E-state index contributed by atoms with van der Waals surface area (Å²) < 4.78 is 4.66. The molecule has 0 aliphatic rings. The highest BCUT2D eigenvalue weighted by molar-refractivity contribution is 6.30. The molecule has 4 heteroatoms. The van der Waals surface area contributed by atoms with Crippen LogP contribution >= 0.6 is 11.6 Å². The summed E-state index contributed by atoms with van der Waals surface area (Å²) in [7, 11) is 0. The number of carbonyl (C=O) groups excluding carboxylic acids is 1. The van der Waals surface area contributed by atoms with Crippen LogP contribution in [0, 0.1) is 0 Å². The van der Waals surface area contributed by atoms with Gasteiger partial charge in [0.1, 0.15) is 5.76 Å². The molecule has 0 aliphatic carbocycles. The highest BCUT2D eigenvalue weighted by atomic mass is 35.5. The van der Waals surface area contributed by atoms with E-state index in [9.17, 15) is 9.90 Å². The van der Waals surface area contributed by atoms with Crippen molar-refractivity contribution in [3.8, 4) is 0 Å². The van der Waals surface area contributed by atoms with Gasteiger partial charge in [0.15, 0.2) is 0 Å². The average molecular weight is 227 g/mol. The zero-order valence-electron chi connectivity index (χ0n) is 8.24. The Hall–Kier alpha value is -1.48. The van der Waals surface area contributed by atoms with E-state index in [4.69, 9.17) is 11.6 Å². The second kappa shape index (κ2) is 5.41. The summed E-state index contributed by atoms with van der Waals surface area (Å²) in [6, 6.07) is 6.58. The molecule has 0 radical (unpaired) electrons. The number of hydrogen-bond acceptors (Lipinski definition) is 3. The number of rotatable bonds is 3. The molecule has 1 rings (SSSR count). The first-order valence-corrected chi connectivity index (χ1v) is 4.84. The molecule has 0 amide bonds. The largest absolute Gasteiger partial charge is 0.507 e. The number of halogens is 1. The Labute approximate surface area is 92.9 Å². The molecule has 0 aliphatic heterocycles. The van der Waals surface area contributed by atoms with Crippen LogP contribution in [0.3, 0.4) is 0 Å². The molecule has 0 saturated heterocycles. The fourth-order valence-corrected chi connectivity index (χ4v) is 1.22. The van der Waals surface area contributed by atoms with Gasteiger partial charge in [-0.2, -0.15) is 0 Å². The first-order valence-electron chi connectivity index (χ1n) is 4.47. The fourth-order valence-electron chi connectivity index (χ4n) is 1.03. The van der Waals surface area contributed by atoms with Gasteiger partial charge in [-0.05, 0) is 19.1 Å². The lowest BCUT2D eigenvalue weighted by Gasteiger charge is -2.01. The lowest BCUT2D eigenvalue weighted by molar-refractivity contribution is -0.137. The predicted molar refractivity (Wildman–Crippen MR) is 58.7 cm³/mol. The third kappa shape index (κ3) is 3.64. The van der Waals surface area contributed by atoms with Gasteiger partial charge in [-0.1, -0.05) is 23.7 Å². The van der Waals surface area contributed by atoms with Crippen LogP contribution in [0.1, 0.15) is 12.5 Å². The van der Waals surface area contributed by atoms with Crippen LogP contribution in [0.15, 0.2) is 30.3 Å². The molecule has 0 atom stereocenters. The minimum absolute atomic E-state index is 0.157. The summed E-state index contributed by atoms with van der Waals surface area (Å²) in [5, 5.41) is 10.0. The van der Waals surface area contributed by atoms with Crippen molar-refractivity contribution in [2.45, 2.75) is 6.92 Å². The molecule has 0 aromatic heterocycles. The second-order valence-electron chi connectivity index (χ2n) is 2.79. The highest BCUT2D eigenvalue weighted by Crippen LogP contribution is 2.16. The molecule has 1 aromatic carbocycles. The maximum absolute atomic E-state index is 11.0. The molecule has 0 spiro atoms. The van der Waals surface area contributed by atoms with Crippen LogP contribution in [0.5, 0.6) is 0 Å². The Morgan fingerprint density at radius 3 is 2.93 bits per heavy atom. The van der Waals surface area contributed by atoms with Crippen LogP contribution in [0.2, 0.25) is 5.02 Å². The van der Waals surface area contributed by atoms with Crippen LogP contribution in [-0.2, 0) is 9.53 Å². The quantitative estimate of drug-likeness (QED) is 0.490. The van der Waals surface area contributed by atoms with Crippen molar-refractivity contribution in [3.05, 3.63) is 40.9 Å². The standard InChI is InChI=1S/C11H11ClO3/c1-2-15-11(14)7-10(13)8-4-3-5-9(12)6-8/h3-7,13H,2H2,1H3/b10-7-. The first kappa shape index (κ1) is 11.6. The molecule has 0 bridgehead atoms. The van der Waals surface area contributed by atoms with Crippen molar-refractivity contribution in [3.63, 3.8) is 0 Å². The monoisotopic (exact) mass is 226 g/mol. The van der Waals surface area contributed by atoms with Gasteiger partial charge in [0.05, 0.1) is 12.7 Å². The average Bonchev–Trinajstić information content (AvgIpc) is 2.18. The van der Waals surface area contributed by atoms with Crippen LogP contribution in [-0.4, -0.2) is 17.7 Å². The van der Waals surface area contributed by atoms with E-state index in [1.807, 2.05) is 0 Å². The van der Waals surface area contributed by atoms with Crippen molar-refractivity contribution in [1.82, 2.24) is 0 Å². The number of ether oxygens (including phenoxy) is 1. The third-order valence-electron chi connectivity index (χ3n) is 1.66. The maximum Gasteiger partial charge on any atom is 0.334 e. The van der Waals surface area contributed by atoms with E-state index in [1.165, 1.54) is 0 Å². The van der Waals surface area contributed by atoms with Crippen molar-refractivity contribution >= 4 is 23.3 Å². The number of carbonyl (C=O) groups is 1. The summed E-state index contributed by atoms with van der Waals surface area (Å²) in [5.74, 6) is -0.731. The van der Waals surface area contributed by atoms with E-state index in [2.05, 4.69) is 4.74 Å². The van der Waals surface area contributed by atoms with Crippen LogP contribution < -0.4 is 0 Å². The molecule has 80 valence electrons. The van der Waals surface area contributed by atoms with E-state index in [1.54, 1.807) is 31.2 Å². The van der Waals surface area contributed by atoms with Gasteiger partial charge >= 0.3 is 5.97 Å².